The number of nitrogens with one attached hydrogen (secondary N) is 1. The van der Waals surface area contributed by atoms with Gasteiger partial charge in [-0.2, -0.15) is 0 Å². The molecular formula is C21H22N2O2. The van der Waals surface area contributed by atoms with Gasteiger partial charge in [0.2, 0.25) is 5.91 Å². The standard InChI is InChI=1S/C21H22N2O2/c24-21(23-25)13-7-5-11-19(16-8-2-1-3-9-16)18-14-17-10-4-6-12-20(17)22-15-18/h1-4,6,8-10,12,14-15,19,25H,5,7,11,13H2,(H,23,24). The van der Waals surface area contributed by atoms with Crippen LogP contribution in [0.2, 0.25) is 0 Å². The molecule has 128 valence electrons. The lowest BCUT2D eigenvalue weighted by Crippen LogP contribution is -2.17. The zero-order valence-electron chi connectivity index (χ0n) is 14.1. The minimum absolute atomic E-state index is 0.246. The minimum atomic E-state index is -0.330. The van der Waals surface area contributed by atoms with Crippen LogP contribution in [0.1, 0.15) is 42.7 Å². The van der Waals surface area contributed by atoms with Gasteiger partial charge in [0.05, 0.1) is 5.52 Å². The van der Waals surface area contributed by atoms with Gasteiger partial charge in [-0.25, -0.2) is 5.48 Å². The lowest BCUT2D eigenvalue weighted by atomic mass is 9.87. The Bertz CT molecular complexity index is 833. The van der Waals surface area contributed by atoms with E-state index in [-0.39, 0.29) is 11.8 Å². The molecule has 25 heavy (non-hydrogen) atoms. The maximum atomic E-state index is 11.2. The first-order valence-corrected chi connectivity index (χ1v) is 8.60. The number of rotatable bonds is 7. The van der Waals surface area contributed by atoms with Gasteiger partial charge < -0.3 is 0 Å². The maximum absolute atomic E-state index is 11.2. The van der Waals surface area contributed by atoms with Crippen molar-refractivity contribution in [1.29, 1.82) is 0 Å². The van der Waals surface area contributed by atoms with E-state index >= 15 is 0 Å². The highest BCUT2D eigenvalue weighted by Gasteiger charge is 2.15. The largest absolute Gasteiger partial charge is 0.289 e. The SMILES string of the molecule is O=C(CCCCC(c1ccccc1)c1cnc2ccccc2c1)NO. The molecule has 0 aliphatic carbocycles. The molecule has 1 amide bonds. The van der Waals surface area contributed by atoms with E-state index in [1.165, 1.54) is 11.1 Å². The molecule has 0 spiro atoms. The second kappa shape index (κ2) is 8.40. The Hall–Kier alpha value is -2.72. The molecule has 3 aromatic rings. The van der Waals surface area contributed by atoms with E-state index in [0.29, 0.717) is 6.42 Å². The molecule has 3 rings (SSSR count). The van der Waals surface area contributed by atoms with Crippen LogP contribution in [0.15, 0.2) is 66.9 Å². The zero-order chi connectivity index (χ0) is 17.5. The van der Waals surface area contributed by atoms with Crippen LogP contribution in [0.3, 0.4) is 0 Å². The number of aromatic nitrogens is 1. The highest BCUT2D eigenvalue weighted by atomic mass is 16.5. The van der Waals surface area contributed by atoms with Crippen LogP contribution in [0.25, 0.3) is 10.9 Å². The maximum Gasteiger partial charge on any atom is 0.243 e. The number of nitrogens with zero attached hydrogens (tertiary/aromatic N) is 1. The van der Waals surface area contributed by atoms with Crippen molar-refractivity contribution in [2.45, 2.75) is 31.6 Å². The van der Waals surface area contributed by atoms with Crippen molar-refractivity contribution < 1.29 is 10.0 Å². The second-order valence-corrected chi connectivity index (χ2v) is 6.21. The Kier molecular flexibility index (Phi) is 5.75. The van der Waals surface area contributed by atoms with Crippen molar-refractivity contribution in [3.05, 3.63) is 78.0 Å². The molecule has 4 heteroatoms. The molecule has 2 N–H and O–H groups in total. The van der Waals surface area contributed by atoms with Gasteiger partial charge in [-0.3, -0.25) is 15.0 Å². The summed E-state index contributed by atoms with van der Waals surface area (Å²) in [5.74, 6) is -0.0841. The fourth-order valence-electron chi connectivity index (χ4n) is 3.18. The molecule has 0 aliphatic rings. The van der Waals surface area contributed by atoms with Gasteiger partial charge in [-0.05, 0) is 36.1 Å². The second-order valence-electron chi connectivity index (χ2n) is 6.21. The fourth-order valence-corrected chi connectivity index (χ4v) is 3.18. The lowest BCUT2D eigenvalue weighted by molar-refractivity contribution is -0.129. The number of fused-ring (bicyclic) bond motifs is 1. The molecule has 0 bridgehead atoms. The zero-order valence-corrected chi connectivity index (χ0v) is 14.1. The average molecular weight is 334 g/mol. The van der Waals surface area contributed by atoms with Crippen molar-refractivity contribution in [3.8, 4) is 0 Å². The monoisotopic (exact) mass is 334 g/mol. The van der Waals surface area contributed by atoms with E-state index in [1.54, 1.807) is 5.48 Å². The van der Waals surface area contributed by atoms with Crippen LogP contribution < -0.4 is 5.48 Å². The first kappa shape index (κ1) is 17.1. The molecule has 0 saturated heterocycles. The molecule has 0 fully saturated rings. The first-order chi connectivity index (χ1) is 12.3. The summed E-state index contributed by atoms with van der Waals surface area (Å²) in [6.07, 6.45) is 4.88. The summed E-state index contributed by atoms with van der Waals surface area (Å²) in [6.45, 7) is 0. The highest BCUT2D eigenvalue weighted by Crippen LogP contribution is 2.31. The Balaban J connectivity index is 1.81. The highest BCUT2D eigenvalue weighted by molar-refractivity contribution is 5.79. The van der Waals surface area contributed by atoms with Gasteiger partial charge >= 0.3 is 0 Å². The van der Waals surface area contributed by atoms with Crippen LogP contribution in [-0.4, -0.2) is 16.1 Å². The Morgan fingerprint density at radius 3 is 2.56 bits per heavy atom. The number of carbonyl (C=O) groups excluding carboxylic acids is 1. The third-order valence-corrected chi connectivity index (χ3v) is 4.49. The number of hydroxylamine groups is 1. The van der Waals surface area contributed by atoms with Gasteiger partial charge in [-0.15, -0.1) is 0 Å². The number of para-hydroxylation sites is 1. The number of hydrogen-bond acceptors (Lipinski definition) is 3. The lowest BCUT2D eigenvalue weighted by Gasteiger charge is -2.18. The first-order valence-electron chi connectivity index (χ1n) is 8.60. The quantitative estimate of drug-likeness (QED) is 0.382. The summed E-state index contributed by atoms with van der Waals surface area (Å²) < 4.78 is 0. The van der Waals surface area contributed by atoms with Gasteiger partial charge in [0, 0.05) is 23.9 Å². The molecule has 1 aromatic heterocycles. The molecule has 1 atom stereocenters. The van der Waals surface area contributed by atoms with Crippen LogP contribution in [0, 0.1) is 0 Å². The molecule has 0 aliphatic heterocycles. The number of unbranched alkanes of at least 4 members (excludes halogenated alkanes) is 1. The number of benzene rings is 2. The van der Waals surface area contributed by atoms with E-state index in [9.17, 15) is 4.79 Å². The number of amides is 1. The molecule has 1 unspecified atom stereocenters. The summed E-state index contributed by atoms with van der Waals surface area (Å²) in [7, 11) is 0. The van der Waals surface area contributed by atoms with E-state index < -0.39 is 0 Å². The topological polar surface area (TPSA) is 62.2 Å². The van der Waals surface area contributed by atoms with Gasteiger partial charge in [0.1, 0.15) is 0 Å². The molecule has 2 aromatic carbocycles. The van der Waals surface area contributed by atoms with Crippen molar-refractivity contribution in [1.82, 2.24) is 10.5 Å². The predicted molar refractivity (Wildman–Crippen MR) is 98.4 cm³/mol. The van der Waals surface area contributed by atoms with Crippen molar-refractivity contribution >= 4 is 16.8 Å². The van der Waals surface area contributed by atoms with Crippen LogP contribution >= 0.6 is 0 Å². The van der Waals surface area contributed by atoms with Crippen LogP contribution in [0.5, 0.6) is 0 Å². The minimum Gasteiger partial charge on any atom is -0.289 e. The van der Waals surface area contributed by atoms with Crippen molar-refractivity contribution in [2.24, 2.45) is 0 Å². The van der Waals surface area contributed by atoms with Crippen LogP contribution in [-0.2, 0) is 4.79 Å². The normalized spacial score (nSPS) is 12.0. The summed E-state index contributed by atoms with van der Waals surface area (Å²) in [6, 6.07) is 20.7. The van der Waals surface area contributed by atoms with Gasteiger partial charge in [-0.1, -0.05) is 55.0 Å². The molecule has 0 radical (unpaired) electrons. The van der Waals surface area contributed by atoms with Gasteiger partial charge in [0.15, 0.2) is 0 Å². The molecule has 0 saturated carbocycles. The van der Waals surface area contributed by atoms with Crippen LogP contribution in [0.4, 0.5) is 0 Å². The molecule has 4 nitrogen and oxygen atoms in total. The third kappa shape index (κ3) is 4.43. The average Bonchev–Trinajstić information content (AvgIpc) is 2.68. The Labute approximate surface area is 147 Å². The number of carbonyl (C=O) groups is 1. The molecular weight excluding hydrogens is 312 g/mol. The fraction of sp³-hybridized carbons (Fsp3) is 0.238. The van der Waals surface area contributed by atoms with Crippen molar-refractivity contribution in [2.75, 3.05) is 0 Å². The number of hydrogen-bond donors (Lipinski definition) is 2. The summed E-state index contributed by atoms with van der Waals surface area (Å²) in [5.41, 5.74) is 5.13. The van der Waals surface area contributed by atoms with Crippen molar-refractivity contribution in [3.63, 3.8) is 0 Å². The number of pyridine rings is 1. The molecule has 1 heterocycles. The Morgan fingerprint density at radius 2 is 1.76 bits per heavy atom. The predicted octanol–water partition coefficient (Wildman–Crippen LogP) is 4.43. The Morgan fingerprint density at radius 1 is 1.00 bits per heavy atom. The summed E-state index contributed by atoms with van der Waals surface area (Å²) in [4.78, 5) is 15.8. The third-order valence-electron chi connectivity index (χ3n) is 4.49. The van der Waals surface area contributed by atoms with Gasteiger partial charge in [0.25, 0.3) is 0 Å². The van der Waals surface area contributed by atoms with E-state index in [1.807, 2.05) is 30.5 Å². The summed E-state index contributed by atoms with van der Waals surface area (Å²) >= 11 is 0. The van der Waals surface area contributed by atoms with E-state index in [2.05, 4.69) is 41.4 Å². The summed E-state index contributed by atoms with van der Waals surface area (Å²) in [5, 5.41) is 9.73. The van der Waals surface area contributed by atoms with E-state index in [0.717, 1.165) is 30.2 Å². The smallest absolute Gasteiger partial charge is 0.243 e. The van der Waals surface area contributed by atoms with E-state index in [4.69, 9.17) is 5.21 Å².